The fourth-order valence-corrected chi connectivity index (χ4v) is 2.04. The van der Waals surface area contributed by atoms with Gasteiger partial charge in [-0.3, -0.25) is 14.4 Å². The number of rotatable bonds is 12. The molecule has 1 rings (SSSR count). The second kappa shape index (κ2) is 11.9. The summed E-state index contributed by atoms with van der Waals surface area (Å²) in [5.41, 5.74) is 0.181. The van der Waals surface area contributed by atoms with E-state index in [9.17, 15) is 28.4 Å². The molecule has 4 N–H and O–H groups in total. The van der Waals surface area contributed by atoms with Gasteiger partial charge in [-0.1, -0.05) is 0 Å². The summed E-state index contributed by atoms with van der Waals surface area (Å²) in [6.07, 6.45) is -3.73. The third-order valence-electron chi connectivity index (χ3n) is 3.45. The Labute approximate surface area is 163 Å². The van der Waals surface area contributed by atoms with Crippen LogP contribution in [0, 0.1) is 5.82 Å². The largest absolute Gasteiger partial charge is 0.481 e. The number of halogens is 1. The molecule has 0 aliphatic carbocycles. The third kappa shape index (κ3) is 9.17. The summed E-state index contributed by atoms with van der Waals surface area (Å²) in [7, 11) is 0. The Morgan fingerprint density at radius 3 is 2.31 bits per heavy atom. The first kappa shape index (κ1) is 23.3. The smallest absolute Gasteiger partial charge is 0.410 e. The summed E-state index contributed by atoms with van der Waals surface area (Å²) in [4.78, 5) is 55.8. The average molecular weight is 414 g/mol. The predicted molar refractivity (Wildman–Crippen MR) is 92.2 cm³/mol. The zero-order valence-electron chi connectivity index (χ0n) is 15.0. The maximum absolute atomic E-state index is 12.8. The van der Waals surface area contributed by atoms with E-state index in [1.807, 2.05) is 5.32 Å². The van der Waals surface area contributed by atoms with Gasteiger partial charge in [0.25, 0.3) is 18.7 Å². The van der Waals surface area contributed by atoms with E-state index < -0.39 is 48.5 Å². The fourth-order valence-electron chi connectivity index (χ4n) is 2.04. The summed E-state index contributed by atoms with van der Waals surface area (Å²) in [6.45, 7) is -0.0950. The van der Waals surface area contributed by atoms with Gasteiger partial charge < -0.3 is 30.3 Å². The number of carboxylic acids is 2. The molecule has 0 bridgehead atoms. The Balaban J connectivity index is 2.51. The zero-order valence-corrected chi connectivity index (χ0v) is 15.0. The van der Waals surface area contributed by atoms with Gasteiger partial charge in [0.15, 0.2) is 0 Å². The van der Waals surface area contributed by atoms with Gasteiger partial charge in [-0.05, 0) is 30.7 Å². The first-order valence-electron chi connectivity index (χ1n) is 8.27. The van der Waals surface area contributed by atoms with Gasteiger partial charge in [0, 0.05) is 24.9 Å². The van der Waals surface area contributed by atoms with E-state index in [1.165, 1.54) is 12.1 Å². The number of nitrogens with one attached hydrogen (secondary N) is 2. The molecule has 158 valence electrons. The van der Waals surface area contributed by atoms with Crippen molar-refractivity contribution in [2.24, 2.45) is 0 Å². The topological polar surface area (TPSA) is 168 Å². The minimum atomic E-state index is -1.52. The van der Waals surface area contributed by atoms with Crippen LogP contribution in [-0.4, -0.2) is 59.5 Å². The van der Waals surface area contributed by atoms with Crippen molar-refractivity contribution in [1.82, 2.24) is 10.6 Å². The van der Waals surface area contributed by atoms with Crippen LogP contribution in [0.5, 0.6) is 0 Å². The monoisotopic (exact) mass is 414 g/mol. The highest BCUT2D eigenvalue weighted by Gasteiger charge is 2.24. The molecule has 11 nitrogen and oxygen atoms in total. The number of benzene rings is 1. The van der Waals surface area contributed by atoms with Crippen LogP contribution in [-0.2, 0) is 23.9 Å². The normalized spacial score (nSPS) is 12.2. The number of carbonyl (C=O) groups excluding carboxylic acids is 3. The number of hydrogen-bond acceptors (Lipinski definition) is 7. The molecule has 0 spiro atoms. The fraction of sp³-hybridized carbons (Fsp3) is 0.353. The first-order chi connectivity index (χ1) is 13.7. The maximum atomic E-state index is 12.8. The Kier molecular flexibility index (Phi) is 9.57. The first-order valence-corrected chi connectivity index (χ1v) is 8.27. The summed E-state index contributed by atoms with van der Waals surface area (Å²) in [6, 6.07) is 3.20. The summed E-state index contributed by atoms with van der Waals surface area (Å²) in [5.74, 6) is -3.77. The number of carboxylic acid groups (broad SMARTS) is 2. The predicted octanol–water partition coefficient (Wildman–Crippen LogP) is 0.489. The van der Waals surface area contributed by atoms with Crippen LogP contribution in [0.1, 0.15) is 29.6 Å². The molecule has 0 aliphatic rings. The summed E-state index contributed by atoms with van der Waals surface area (Å²) < 4.78 is 22.2. The highest BCUT2D eigenvalue weighted by atomic mass is 19.1. The number of amides is 2. The summed E-state index contributed by atoms with van der Waals surface area (Å²) >= 11 is 0. The summed E-state index contributed by atoms with van der Waals surface area (Å²) in [5, 5.41) is 22.0. The number of ether oxygens (including phenoxy) is 2. The van der Waals surface area contributed by atoms with Crippen molar-refractivity contribution in [1.29, 1.82) is 0 Å². The van der Waals surface area contributed by atoms with Crippen LogP contribution < -0.4 is 10.6 Å². The van der Waals surface area contributed by atoms with Crippen molar-refractivity contribution in [3.63, 3.8) is 0 Å². The SMILES string of the molecule is O=CO[C@H](CCNC(=O)c1ccc(F)cc1)OC(=O)N[C@@H](CCC(=O)O)C(=O)O. The quantitative estimate of drug-likeness (QED) is 0.281. The van der Waals surface area contributed by atoms with Gasteiger partial charge in [0.05, 0.1) is 0 Å². The van der Waals surface area contributed by atoms with Gasteiger partial charge in [0.2, 0.25) is 0 Å². The van der Waals surface area contributed by atoms with Crippen LogP contribution in [0.4, 0.5) is 9.18 Å². The van der Waals surface area contributed by atoms with Crippen LogP contribution in [0.15, 0.2) is 24.3 Å². The molecule has 0 radical (unpaired) electrons. The standard InChI is InChI=1S/C17H19FN2O9/c18-11-3-1-10(2-4-11)15(24)19-8-7-14(28-9-21)29-17(27)20-12(16(25)26)5-6-13(22)23/h1-4,9,12,14H,5-8H2,(H,19,24)(H,20,27)(H,22,23)(H,25,26)/t12-,14-/m0/s1. The van der Waals surface area contributed by atoms with Gasteiger partial charge >= 0.3 is 18.0 Å². The molecule has 0 heterocycles. The molecule has 1 aromatic carbocycles. The molecule has 0 fully saturated rings. The molecule has 2 atom stereocenters. The van der Waals surface area contributed by atoms with Crippen LogP contribution in [0.3, 0.4) is 0 Å². The second-order valence-electron chi connectivity index (χ2n) is 5.59. The third-order valence-corrected chi connectivity index (χ3v) is 3.45. The van der Waals surface area contributed by atoms with Crippen LogP contribution >= 0.6 is 0 Å². The van der Waals surface area contributed by atoms with Crippen molar-refractivity contribution >= 4 is 30.4 Å². The minimum absolute atomic E-state index is 0.00114. The molecule has 0 saturated heterocycles. The van der Waals surface area contributed by atoms with Crippen molar-refractivity contribution in [2.45, 2.75) is 31.6 Å². The molecule has 12 heteroatoms. The number of aliphatic carboxylic acids is 2. The minimum Gasteiger partial charge on any atom is -0.481 e. The average Bonchev–Trinajstić information content (AvgIpc) is 2.65. The maximum Gasteiger partial charge on any atom is 0.410 e. The van der Waals surface area contributed by atoms with Crippen molar-refractivity contribution < 1.29 is 48.0 Å². The highest BCUT2D eigenvalue weighted by Crippen LogP contribution is 2.05. The van der Waals surface area contributed by atoms with Crippen LogP contribution in [0.2, 0.25) is 0 Å². The van der Waals surface area contributed by atoms with E-state index >= 15 is 0 Å². The zero-order chi connectivity index (χ0) is 21.8. The van der Waals surface area contributed by atoms with Crippen molar-refractivity contribution in [3.05, 3.63) is 35.6 Å². The van der Waals surface area contributed by atoms with E-state index in [2.05, 4.69) is 10.1 Å². The van der Waals surface area contributed by atoms with E-state index in [1.54, 1.807) is 0 Å². The number of carbonyl (C=O) groups is 5. The number of alkyl carbamates (subject to hydrolysis) is 1. The lowest BCUT2D eigenvalue weighted by Gasteiger charge is -2.19. The van der Waals surface area contributed by atoms with Gasteiger partial charge in [0.1, 0.15) is 11.9 Å². The van der Waals surface area contributed by atoms with Gasteiger partial charge in [-0.25, -0.2) is 14.0 Å². The molecule has 0 aromatic heterocycles. The lowest BCUT2D eigenvalue weighted by molar-refractivity contribution is -0.153. The molecule has 0 saturated carbocycles. The molecule has 1 aromatic rings. The van der Waals surface area contributed by atoms with E-state index in [4.69, 9.17) is 14.9 Å². The van der Waals surface area contributed by atoms with Crippen LogP contribution in [0.25, 0.3) is 0 Å². The highest BCUT2D eigenvalue weighted by molar-refractivity contribution is 5.94. The van der Waals surface area contributed by atoms with E-state index in [-0.39, 0.29) is 31.4 Å². The lowest BCUT2D eigenvalue weighted by atomic mass is 10.1. The Morgan fingerprint density at radius 1 is 1.10 bits per heavy atom. The van der Waals surface area contributed by atoms with Crippen molar-refractivity contribution in [2.75, 3.05) is 6.54 Å². The Bertz CT molecular complexity index is 739. The Hall–Kier alpha value is -3.70. The molecule has 2 amide bonds. The van der Waals surface area contributed by atoms with Crippen molar-refractivity contribution in [3.8, 4) is 0 Å². The Morgan fingerprint density at radius 2 is 1.76 bits per heavy atom. The number of hydrogen-bond donors (Lipinski definition) is 4. The van der Waals surface area contributed by atoms with Gasteiger partial charge in [-0.15, -0.1) is 0 Å². The molecule has 0 unspecified atom stereocenters. The molecular weight excluding hydrogens is 395 g/mol. The van der Waals surface area contributed by atoms with Gasteiger partial charge in [-0.2, -0.15) is 0 Å². The molecule has 0 aliphatic heterocycles. The second-order valence-corrected chi connectivity index (χ2v) is 5.59. The lowest BCUT2D eigenvalue weighted by Crippen LogP contribution is -2.43. The van der Waals surface area contributed by atoms with E-state index in [0.717, 1.165) is 12.1 Å². The molecule has 29 heavy (non-hydrogen) atoms. The molecular formula is C17H19FN2O9. The van der Waals surface area contributed by atoms with E-state index in [0.29, 0.717) is 0 Å².